The van der Waals surface area contributed by atoms with Crippen molar-refractivity contribution in [2.45, 2.75) is 33.2 Å². The van der Waals surface area contributed by atoms with Gasteiger partial charge in [0.05, 0.1) is 6.04 Å². The van der Waals surface area contributed by atoms with Gasteiger partial charge in [-0.05, 0) is 26.1 Å². The first-order chi connectivity index (χ1) is 10.1. The van der Waals surface area contributed by atoms with Crippen molar-refractivity contribution in [1.82, 2.24) is 10.2 Å². The van der Waals surface area contributed by atoms with Crippen molar-refractivity contribution >= 4 is 11.6 Å². The number of hydroxylamine groups is 1. The third kappa shape index (κ3) is 3.61. The van der Waals surface area contributed by atoms with Crippen LogP contribution in [-0.4, -0.2) is 43.0 Å². The van der Waals surface area contributed by atoms with Crippen LogP contribution in [0.1, 0.15) is 36.7 Å². The summed E-state index contributed by atoms with van der Waals surface area (Å²) in [6, 6.07) is 5.52. The molecule has 2 atom stereocenters. The minimum Gasteiger partial charge on any atom is -0.629 e. The molecular weight excluding hydrogens is 266 g/mol. The van der Waals surface area contributed by atoms with E-state index in [0.717, 1.165) is 37.3 Å². The van der Waals surface area contributed by atoms with Gasteiger partial charge in [-0.25, -0.2) is 0 Å². The Morgan fingerprint density at radius 1 is 1.43 bits per heavy atom. The van der Waals surface area contributed by atoms with Crippen LogP contribution in [0.3, 0.4) is 0 Å². The molecule has 2 rings (SSSR count). The molecule has 0 radical (unpaired) electrons. The summed E-state index contributed by atoms with van der Waals surface area (Å²) in [6.07, 6.45) is 0.790. The Hall–Kier alpha value is -1.43. The van der Waals surface area contributed by atoms with Crippen molar-refractivity contribution in [2.24, 2.45) is 0 Å². The highest BCUT2D eigenvalue weighted by Gasteiger charge is 2.26. The van der Waals surface area contributed by atoms with Gasteiger partial charge >= 0.3 is 0 Å². The van der Waals surface area contributed by atoms with E-state index in [-0.39, 0.29) is 17.0 Å². The van der Waals surface area contributed by atoms with Gasteiger partial charge in [0.1, 0.15) is 5.69 Å². The minimum atomic E-state index is -0.0997. The average molecular weight is 291 g/mol. The Balaban J connectivity index is 1.95. The maximum atomic E-state index is 12.1. The molecule has 0 fully saturated rings. The zero-order valence-electron chi connectivity index (χ0n) is 13.1. The number of quaternary nitrogens is 1. The first-order valence-electron chi connectivity index (χ1n) is 7.74. The van der Waals surface area contributed by atoms with Crippen molar-refractivity contribution in [3.8, 4) is 0 Å². The van der Waals surface area contributed by atoms with Gasteiger partial charge in [-0.3, -0.25) is 4.79 Å². The molecule has 2 unspecified atom stereocenters. The van der Waals surface area contributed by atoms with Gasteiger partial charge in [0.15, 0.2) is 0 Å². The summed E-state index contributed by atoms with van der Waals surface area (Å²) in [7, 11) is 0. The molecular formula is C16H25N3O2. The molecule has 0 aliphatic carbocycles. The van der Waals surface area contributed by atoms with Crippen LogP contribution in [0.4, 0.5) is 5.69 Å². The van der Waals surface area contributed by atoms with Crippen LogP contribution in [0.25, 0.3) is 0 Å². The fraction of sp³-hybridized carbons (Fsp3) is 0.562. The summed E-state index contributed by atoms with van der Waals surface area (Å²) in [5, 5.41) is 15.1. The minimum absolute atomic E-state index is 0.0426. The molecule has 1 heterocycles. The fourth-order valence-corrected chi connectivity index (χ4v) is 2.78. The molecule has 5 heteroatoms. The number of hydrogen-bond acceptors (Lipinski definition) is 3. The summed E-state index contributed by atoms with van der Waals surface area (Å²) in [6.45, 7) is 9.60. The lowest BCUT2D eigenvalue weighted by Gasteiger charge is -2.21. The third-order valence-electron chi connectivity index (χ3n) is 4.22. The summed E-state index contributed by atoms with van der Waals surface area (Å²) >= 11 is 0. The number of benzene rings is 1. The number of nitrogens with zero attached hydrogens (tertiary/aromatic N) is 1. The Morgan fingerprint density at radius 3 is 2.81 bits per heavy atom. The van der Waals surface area contributed by atoms with Gasteiger partial charge in [0.2, 0.25) is 0 Å². The zero-order valence-corrected chi connectivity index (χ0v) is 13.1. The molecule has 2 N–H and O–H groups in total. The van der Waals surface area contributed by atoms with Gasteiger partial charge in [0, 0.05) is 36.7 Å². The molecule has 0 aromatic heterocycles. The zero-order chi connectivity index (χ0) is 15.4. The number of nitrogens with one attached hydrogen (secondary N) is 2. The largest absolute Gasteiger partial charge is 0.629 e. The molecule has 1 aliphatic rings. The molecule has 0 bridgehead atoms. The smallest absolute Gasteiger partial charge is 0.251 e. The molecule has 0 spiro atoms. The van der Waals surface area contributed by atoms with Crippen LogP contribution in [0.15, 0.2) is 18.2 Å². The molecule has 1 aliphatic heterocycles. The first kappa shape index (κ1) is 15.9. The van der Waals surface area contributed by atoms with E-state index in [0.29, 0.717) is 12.1 Å². The van der Waals surface area contributed by atoms with E-state index in [4.69, 9.17) is 0 Å². The maximum absolute atomic E-state index is 12.1. The Bertz CT molecular complexity index is 500. The number of rotatable bonds is 6. The van der Waals surface area contributed by atoms with Gasteiger partial charge in [-0.1, -0.05) is 19.9 Å². The molecule has 116 valence electrons. The molecule has 1 amide bonds. The highest BCUT2D eigenvalue weighted by Crippen LogP contribution is 2.20. The highest BCUT2D eigenvalue weighted by atomic mass is 16.5. The van der Waals surface area contributed by atoms with Gasteiger partial charge in [-0.2, -0.15) is 0 Å². The normalized spacial score (nSPS) is 20.6. The molecule has 21 heavy (non-hydrogen) atoms. The van der Waals surface area contributed by atoms with Crippen LogP contribution in [0, 0.1) is 5.21 Å². The summed E-state index contributed by atoms with van der Waals surface area (Å²) < 4.78 is 0. The SMILES string of the molecule is CCN(CC)CCNC(=O)c1ccc2c(c1)[NH+]([O-])C(C)C2. The number of carbonyl (C=O) groups is 1. The lowest BCUT2D eigenvalue weighted by Crippen LogP contribution is -3.04. The number of hydrogen-bond donors (Lipinski definition) is 2. The van der Waals surface area contributed by atoms with Crippen molar-refractivity contribution in [1.29, 1.82) is 0 Å². The Labute approximate surface area is 126 Å². The van der Waals surface area contributed by atoms with Crippen LogP contribution in [-0.2, 0) is 6.42 Å². The van der Waals surface area contributed by atoms with Crippen LogP contribution >= 0.6 is 0 Å². The molecule has 0 saturated carbocycles. The van der Waals surface area contributed by atoms with E-state index in [2.05, 4.69) is 24.1 Å². The van der Waals surface area contributed by atoms with Crippen molar-refractivity contribution in [3.63, 3.8) is 0 Å². The Morgan fingerprint density at radius 2 is 2.14 bits per heavy atom. The lowest BCUT2D eigenvalue weighted by atomic mass is 10.1. The maximum Gasteiger partial charge on any atom is 0.251 e. The predicted octanol–water partition coefficient (Wildman–Crippen LogP) is 0.717. The molecule has 1 aromatic carbocycles. The van der Waals surface area contributed by atoms with E-state index in [1.54, 1.807) is 6.07 Å². The van der Waals surface area contributed by atoms with Gasteiger partial charge in [-0.15, -0.1) is 0 Å². The third-order valence-corrected chi connectivity index (χ3v) is 4.22. The molecule has 1 aromatic rings. The second kappa shape index (κ2) is 7.02. The number of fused-ring (bicyclic) bond motifs is 1. The first-order valence-corrected chi connectivity index (χ1v) is 7.74. The van der Waals surface area contributed by atoms with Crippen molar-refractivity contribution < 1.29 is 9.86 Å². The van der Waals surface area contributed by atoms with E-state index < -0.39 is 0 Å². The summed E-state index contributed by atoms with van der Waals surface area (Å²) in [4.78, 5) is 14.4. The average Bonchev–Trinajstić information content (AvgIpc) is 2.78. The second-order valence-corrected chi connectivity index (χ2v) is 5.62. The second-order valence-electron chi connectivity index (χ2n) is 5.62. The van der Waals surface area contributed by atoms with Gasteiger partial charge < -0.3 is 20.5 Å². The van der Waals surface area contributed by atoms with Crippen molar-refractivity contribution in [2.75, 3.05) is 26.2 Å². The number of likely N-dealkylation sites (N-methyl/N-ethyl adjacent to an activating group) is 1. The molecule has 5 nitrogen and oxygen atoms in total. The summed E-state index contributed by atoms with van der Waals surface area (Å²) in [5.41, 5.74) is 2.36. The van der Waals surface area contributed by atoms with E-state index in [1.165, 1.54) is 0 Å². The quantitative estimate of drug-likeness (QED) is 0.759. The van der Waals surface area contributed by atoms with E-state index in [9.17, 15) is 10.0 Å². The van der Waals surface area contributed by atoms with Gasteiger partial charge in [0.25, 0.3) is 5.91 Å². The highest BCUT2D eigenvalue weighted by molar-refractivity contribution is 5.95. The topological polar surface area (TPSA) is 59.8 Å². The number of carbonyl (C=O) groups excluding carboxylic acids is 1. The monoisotopic (exact) mass is 291 g/mol. The molecule has 0 saturated heterocycles. The number of amides is 1. The van der Waals surface area contributed by atoms with Crippen LogP contribution in [0.5, 0.6) is 0 Å². The van der Waals surface area contributed by atoms with Crippen molar-refractivity contribution in [3.05, 3.63) is 34.5 Å². The Kier molecular flexibility index (Phi) is 5.33. The van der Waals surface area contributed by atoms with Crippen LogP contribution in [0.2, 0.25) is 0 Å². The van der Waals surface area contributed by atoms with E-state index >= 15 is 0 Å². The fourth-order valence-electron chi connectivity index (χ4n) is 2.78. The summed E-state index contributed by atoms with van der Waals surface area (Å²) in [5.74, 6) is -0.0997. The lowest BCUT2D eigenvalue weighted by molar-refractivity contribution is -0.796. The predicted molar refractivity (Wildman–Crippen MR) is 83.7 cm³/mol. The van der Waals surface area contributed by atoms with E-state index in [1.807, 2.05) is 19.1 Å². The standard InChI is InChI=1S/C16H25N3O2/c1-4-18(5-2)9-8-17-16(20)14-7-6-13-10-12(3)19(21)15(13)11-14/h6-7,11-12,19H,4-5,8-10H2,1-3H3,(H,17,20). The van der Waals surface area contributed by atoms with Crippen LogP contribution < -0.4 is 10.4 Å².